The van der Waals surface area contributed by atoms with Gasteiger partial charge in [-0.25, -0.2) is 0 Å². The summed E-state index contributed by atoms with van der Waals surface area (Å²) in [6, 6.07) is 9.36. The van der Waals surface area contributed by atoms with Gasteiger partial charge in [-0.05, 0) is 37.5 Å². The zero-order valence-electron chi connectivity index (χ0n) is 20.2. The predicted molar refractivity (Wildman–Crippen MR) is 134 cm³/mol. The molecule has 2 atom stereocenters. The average Bonchev–Trinajstić information content (AvgIpc) is 2.83. The van der Waals surface area contributed by atoms with Crippen LogP contribution in [-0.2, 0) is 16.1 Å². The van der Waals surface area contributed by atoms with Gasteiger partial charge in [-0.3, -0.25) is 9.59 Å². The Labute approximate surface area is 211 Å². The molecule has 2 rings (SSSR count). The second-order valence-corrected chi connectivity index (χ2v) is 8.68. The van der Waals surface area contributed by atoms with E-state index in [1.54, 1.807) is 36.4 Å². The summed E-state index contributed by atoms with van der Waals surface area (Å²) in [6.07, 6.45) is 1.20. The van der Waals surface area contributed by atoms with E-state index in [1.807, 2.05) is 20.8 Å². The first-order chi connectivity index (χ1) is 16.2. The largest absolute Gasteiger partial charge is 0.496 e. The number of ether oxygens (including phenoxy) is 3. The van der Waals surface area contributed by atoms with Crippen LogP contribution in [0.5, 0.6) is 17.2 Å². The highest BCUT2D eigenvalue weighted by molar-refractivity contribution is 6.35. The van der Waals surface area contributed by atoms with E-state index in [0.29, 0.717) is 39.3 Å². The molecule has 0 fully saturated rings. The van der Waals surface area contributed by atoms with Crippen LogP contribution in [0.3, 0.4) is 0 Å². The topological polar surface area (TPSA) is 77.1 Å². The summed E-state index contributed by atoms with van der Waals surface area (Å²) < 4.78 is 16.3. The fourth-order valence-corrected chi connectivity index (χ4v) is 3.75. The van der Waals surface area contributed by atoms with Crippen LogP contribution in [0.1, 0.15) is 39.2 Å². The van der Waals surface area contributed by atoms with Crippen LogP contribution < -0.4 is 19.5 Å². The van der Waals surface area contributed by atoms with Crippen molar-refractivity contribution in [3.05, 3.63) is 52.0 Å². The molecular formula is C25H32Cl2N2O5. The van der Waals surface area contributed by atoms with Gasteiger partial charge in [0.15, 0.2) is 6.61 Å². The molecule has 186 valence electrons. The molecule has 34 heavy (non-hydrogen) atoms. The molecule has 1 N–H and O–H groups in total. The summed E-state index contributed by atoms with van der Waals surface area (Å²) in [5, 5.41) is 3.88. The molecule has 2 aromatic carbocycles. The highest BCUT2D eigenvalue weighted by Crippen LogP contribution is 2.28. The van der Waals surface area contributed by atoms with Gasteiger partial charge in [0.1, 0.15) is 23.3 Å². The van der Waals surface area contributed by atoms with Gasteiger partial charge in [0.05, 0.1) is 14.2 Å². The quantitative estimate of drug-likeness (QED) is 0.429. The lowest BCUT2D eigenvalue weighted by Gasteiger charge is -2.31. The second-order valence-electron chi connectivity index (χ2n) is 7.84. The van der Waals surface area contributed by atoms with E-state index in [9.17, 15) is 9.59 Å². The number of hydrogen-bond donors (Lipinski definition) is 1. The number of carbonyl (C=O) groups excluding carboxylic acids is 2. The summed E-state index contributed by atoms with van der Waals surface area (Å²) in [6.45, 7) is 5.61. The van der Waals surface area contributed by atoms with Crippen LogP contribution >= 0.6 is 23.2 Å². The van der Waals surface area contributed by atoms with E-state index in [1.165, 1.54) is 19.1 Å². The minimum absolute atomic E-state index is 0.0156. The number of nitrogens with zero attached hydrogens (tertiary/aromatic N) is 1. The average molecular weight is 511 g/mol. The van der Waals surface area contributed by atoms with Gasteiger partial charge in [0.25, 0.3) is 5.91 Å². The molecule has 7 nitrogen and oxygen atoms in total. The summed E-state index contributed by atoms with van der Waals surface area (Å²) in [4.78, 5) is 27.9. The molecule has 0 spiro atoms. The maximum atomic E-state index is 13.4. The Morgan fingerprint density at radius 3 is 2.12 bits per heavy atom. The van der Waals surface area contributed by atoms with Gasteiger partial charge >= 0.3 is 0 Å². The third-order valence-electron chi connectivity index (χ3n) is 5.43. The first-order valence-electron chi connectivity index (χ1n) is 11.1. The molecule has 0 radical (unpaired) electrons. The molecule has 0 aliphatic carbocycles. The van der Waals surface area contributed by atoms with Crippen LogP contribution in [0.25, 0.3) is 0 Å². The Bertz CT molecular complexity index is 964. The third kappa shape index (κ3) is 7.71. The van der Waals surface area contributed by atoms with Crippen LogP contribution in [-0.4, -0.2) is 49.6 Å². The van der Waals surface area contributed by atoms with Gasteiger partial charge in [0, 0.05) is 40.8 Å². The van der Waals surface area contributed by atoms with Crippen molar-refractivity contribution in [3.63, 3.8) is 0 Å². The Hall–Kier alpha value is -2.64. The molecule has 0 saturated heterocycles. The lowest BCUT2D eigenvalue weighted by molar-refractivity contribution is -0.143. The number of benzene rings is 2. The van der Waals surface area contributed by atoms with Crippen molar-refractivity contribution in [2.45, 2.75) is 52.2 Å². The van der Waals surface area contributed by atoms with Crippen LogP contribution in [0.4, 0.5) is 0 Å². The molecule has 0 aromatic heterocycles. The SMILES string of the molecule is CC[C@H](C)NC(=O)[C@H](CC)N(Cc1ccc(Cl)cc1Cl)C(=O)COc1cc(OC)cc(OC)c1. The molecule has 0 aliphatic rings. The van der Waals surface area contributed by atoms with E-state index in [4.69, 9.17) is 37.4 Å². The minimum atomic E-state index is -0.698. The molecule has 0 saturated carbocycles. The van der Waals surface area contributed by atoms with Crippen molar-refractivity contribution >= 4 is 35.0 Å². The molecule has 0 bridgehead atoms. The summed E-state index contributed by atoms with van der Waals surface area (Å²) >= 11 is 12.4. The Morgan fingerprint density at radius 2 is 1.59 bits per heavy atom. The van der Waals surface area contributed by atoms with Gasteiger partial charge in [0.2, 0.25) is 5.91 Å². The Morgan fingerprint density at radius 1 is 0.971 bits per heavy atom. The number of hydrogen-bond acceptors (Lipinski definition) is 5. The minimum Gasteiger partial charge on any atom is -0.496 e. The predicted octanol–water partition coefficient (Wildman–Crippen LogP) is 5.11. The van der Waals surface area contributed by atoms with Crippen molar-refractivity contribution < 1.29 is 23.8 Å². The van der Waals surface area contributed by atoms with Crippen LogP contribution in [0, 0.1) is 0 Å². The lowest BCUT2D eigenvalue weighted by Crippen LogP contribution is -2.51. The normalized spacial score (nSPS) is 12.4. The van der Waals surface area contributed by atoms with Crippen molar-refractivity contribution in [1.29, 1.82) is 0 Å². The van der Waals surface area contributed by atoms with Gasteiger partial charge in [-0.15, -0.1) is 0 Å². The highest BCUT2D eigenvalue weighted by atomic mass is 35.5. The molecule has 0 aliphatic heterocycles. The first-order valence-corrected chi connectivity index (χ1v) is 11.9. The first kappa shape index (κ1) is 27.6. The van der Waals surface area contributed by atoms with Crippen molar-refractivity contribution in [1.82, 2.24) is 10.2 Å². The number of methoxy groups -OCH3 is 2. The molecule has 9 heteroatoms. The molecule has 2 amide bonds. The maximum Gasteiger partial charge on any atom is 0.261 e. The Kier molecular flexibility index (Phi) is 10.8. The summed E-state index contributed by atoms with van der Waals surface area (Å²) in [7, 11) is 3.06. The zero-order chi connectivity index (χ0) is 25.3. The van der Waals surface area contributed by atoms with E-state index in [0.717, 1.165) is 6.42 Å². The second kappa shape index (κ2) is 13.3. The zero-order valence-corrected chi connectivity index (χ0v) is 21.7. The smallest absolute Gasteiger partial charge is 0.261 e. The summed E-state index contributed by atoms with van der Waals surface area (Å²) in [5.74, 6) is 0.889. The fraction of sp³-hybridized carbons (Fsp3) is 0.440. The standard InChI is InChI=1S/C25H32Cl2N2O5/c1-6-16(3)28-25(31)23(7-2)29(14-17-8-9-18(26)10-22(17)27)24(30)15-34-21-12-19(32-4)11-20(13-21)33-5/h8-13,16,23H,6-7,14-15H2,1-5H3,(H,28,31)/t16-,23-/m0/s1. The highest BCUT2D eigenvalue weighted by Gasteiger charge is 2.30. The number of carbonyl (C=O) groups is 2. The molecular weight excluding hydrogens is 479 g/mol. The lowest BCUT2D eigenvalue weighted by atomic mass is 10.1. The van der Waals surface area contributed by atoms with Crippen LogP contribution in [0.15, 0.2) is 36.4 Å². The monoisotopic (exact) mass is 510 g/mol. The molecule has 0 unspecified atom stereocenters. The number of rotatable bonds is 12. The van der Waals surface area contributed by atoms with E-state index < -0.39 is 6.04 Å². The fourth-order valence-electron chi connectivity index (χ4n) is 3.29. The van der Waals surface area contributed by atoms with Crippen molar-refractivity contribution in [2.24, 2.45) is 0 Å². The van der Waals surface area contributed by atoms with Gasteiger partial charge in [-0.1, -0.05) is 43.1 Å². The Balaban J connectivity index is 2.29. The van der Waals surface area contributed by atoms with Crippen molar-refractivity contribution in [3.8, 4) is 17.2 Å². The molecule has 2 aromatic rings. The maximum absolute atomic E-state index is 13.4. The summed E-state index contributed by atoms with van der Waals surface area (Å²) in [5.41, 5.74) is 0.678. The van der Waals surface area contributed by atoms with E-state index in [2.05, 4.69) is 5.32 Å². The van der Waals surface area contributed by atoms with E-state index in [-0.39, 0.29) is 31.0 Å². The number of nitrogens with one attached hydrogen (secondary N) is 1. The van der Waals surface area contributed by atoms with E-state index >= 15 is 0 Å². The third-order valence-corrected chi connectivity index (χ3v) is 6.02. The number of halogens is 2. The molecule has 0 heterocycles. The van der Waals surface area contributed by atoms with Gasteiger partial charge in [-0.2, -0.15) is 0 Å². The van der Waals surface area contributed by atoms with Crippen molar-refractivity contribution in [2.75, 3.05) is 20.8 Å². The van der Waals surface area contributed by atoms with Gasteiger partial charge < -0.3 is 24.4 Å². The number of amides is 2. The van der Waals surface area contributed by atoms with Crippen LogP contribution in [0.2, 0.25) is 10.0 Å².